The first-order valence-electron chi connectivity index (χ1n) is 8.39. The second-order valence-electron chi connectivity index (χ2n) is 6.05. The van der Waals surface area contributed by atoms with Crippen LogP contribution in [0.2, 0.25) is 0 Å². The van der Waals surface area contributed by atoms with Gasteiger partial charge in [0.1, 0.15) is 5.75 Å². The summed E-state index contributed by atoms with van der Waals surface area (Å²) in [6.07, 6.45) is 1.16. The number of fused-ring (bicyclic) bond motifs is 1. The Bertz CT molecular complexity index is 1190. The molecule has 0 aliphatic heterocycles. The maximum absolute atomic E-state index is 12.7. The van der Waals surface area contributed by atoms with Gasteiger partial charge in [-0.2, -0.15) is 4.99 Å². The van der Waals surface area contributed by atoms with Gasteiger partial charge in [-0.25, -0.2) is 8.42 Å². The lowest BCUT2D eigenvalue weighted by molar-refractivity contribution is 0.0994. The molecule has 0 spiro atoms. The fraction of sp³-hybridized carbons (Fsp3) is 0.263. The number of carbonyl (C=O) groups excluding carboxylic acids is 1. The summed E-state index contributed by atoms with van der Waals surface area (Å²) in [4.78, 5) is 17.7. The van der Waals surface area contributed by atoms with E-state index >= 15 is 0 Å². The predicted molar refractivity (Wildman–Crippen MR) is 108 cm³/mol. The van der Waals surface area contributed by atoms with Crippen LogP contribution in [0.5, 0.6) is 5.75 Å². The maximum Gasteiger partial charge on any atom is 0.283 e. The lowest BCUT2D eigenvalue weighted by Crippen LogP contribution is -2.19. The zero-order chi connectivity index (χ0) is 20.3. The smallest absolute Gasteiger partial charge is 0.283 e. The highest BCUT2D eigenvalue weighted by atomic mass is 32.2. The average Bonchev–Trinajstić information content (AvgIpc) is 3.01. The number of aromatic nitrogens is 1. The Balaban J connectivity index is 2.17. The van der Waals surface area contributed by atoms with Crippen molar-refractivity contribution in [2.75, 3.05) is 27.1 Å². The molecule has 9 heteroatoms. The van der Waals surface area contributed by atoms with Crippen LogP contribution in [-0.4, -0.2) is 46.0 Å². The second-order valence-corrected chi connectivity index (χ2v) is 9.07. The molecular weight excluding hydrogens is 400 g/mol. The van der Waals surface area contributed by atoms with Crippen LogP contribution in [0.4, 0.5) is 0 Å². The van der Waals surface area contributed by atoms with Crippen LogP contribution in [0, 0.1) is 0 Å². The zero-order valence-corrected chi connectivity index (χ0v) is 17.3. The molecule has 3 rings (SSSR count). The Kier molecular flexibility index (Phi) is 5.97. The summed E-state index contributed by atoms with van der Waals surface area (Å²) in [5.41, 5.74) is 1.15. The van der Waals surface area contributed by atoms with Crippen molar-refractivity contribution in [1.29, 1.82) is 0 Å². The third kappa shape index (κ3) is 4.16. The normalized spacial score (nSPS) is 12.5. The van der Waals surface area contributed by atoms with Gasteiger partial charge < -0.3 is 14.0 Å². The first-order valence-corrected chi connectivity index (χ1v) is 11.1. The van der Waals surface area contributed by atoms with Gasteiger partial charge in [-0.15, -0.1) is 0 Å². The molecule has 1 aromatic heterocycles. The highest BCUT2D eigenvalue weighted by Crippen LogP contribution is 2.23. The van der Waals surface area contributed by atoms with Gasteiger partial charge in [-0.05, 0) is 30.3 Å². The summed E-state index contributed by atoms with van der Waals surface area (Å²) < 4.78 is 36.7. The molecule has 0 radical (unpaired) electrons. The minimum atomic E-state index is -3.33. The van der Waals surface area contributed by atoms with Crippen molar-refractivity contribution in [3.05, 3.63) is 52.8 Å². The Morgan fingerprint density at radius 2 is 1.93 bits per heavy atom. The molecule has 0 unspecified atom stereocenters. The predicted octanol–water partition coefficient (Wildman–Crippen LogP) is 2.50. The van der Waals surface area contributed by atoms with Crippen LogP contribution in [0.1, 0.15) is 10.4 Å². The van der Waals surface area contributed by atoms with Crippen molar-refractivity contribution in [2.24, 2.45) is 4.99 Å². The number of hydrogen-bond acceptors (Lipinski definition) is 6. The molecule has 1 amide bonds. The van der Waals surface area contributed by atoms with E-state index in [1.54, 1.807) is 49.6 Å². The summed E-state index contributed by atoms with van der Waals surface area (Å²) in [5, 5.41) is 0. The number of para-hydroxylation sites is 1. The maximum atomic E-state index is 12.7. The Labute approximate surface area is 166 Å². The summed E-state index contributed by atoms with van der Waals surface area (Å²) in [6.45, 7) is 0.905. The number of rotatable bonds is 6. The minimum absolute atomic E-state index is 0.225. The molecule has 28 heavy (non-hydrogen) atoms. The van der Waals surface area contributed by atoms with Crippen LogP contribution in [-0.2, 0) is 21.1 Å². The van der Waals surface area contributed by atoms with E-state index in [9.17, 15) is 13.2 Å². The van der Waals surface area contributed by atoms with E-state index in [4.69, 9.17) is 9.47 Å². The lowest BCUT2D eigenvalue weighted by atomic mass is 10.2. The topological polar surface area (TPSA) is 87.0 Å². The molecule has 0 aliphatic rings. The van der Waals surface area contributed by atoms with Gasteiger partial charge in [0.15, 0.2) is 14.6 Å². The van der Waals surface area contributed by atoms with Crippen molar-refractivity contribution in [2.45, 2.75) is 11.4 Å². The van der Waals surface area contributed by atoms with Crippen LogP contribution < -0.4 is 9.54 Å². The van der Waals surface area contributed by atoms with Gasteiger partial charge in [-0.1, -0.05) is 23.5 Å². The van der Waals surface area contributed by atoms with Gasteiger partial charge in [0, 0.05) is 19.9 Å². The summed E-state index contributed by atoms with van der Waals surface area (Å²) in [7, 11) is -0.243. The number of amides is 1. The van der Waals surface area contributed by atoms with Crippen LogP contribution >= 0.6 is 11.3 Å². The zero-order valence-electron chi connectivity index (χ0n) is 15.7. The number of carbonyl (C=O) groups is 1. The number of nitrogens with zero attached hydrogens (tertiary/aromatic N) is 2. The highest BCUT2D eigenvalue weighted by molar-refractivity contribution is 7.90. The minimum Gasteiger partial charge on any atom is -0.496 e. The molecule has 0 saturated heterocycles. The third-order valence-electron chi connectivity index (χ3n) is 4.14. The van der Waals surface area contributed by atoms with Gasteiger partial charge >= 0.3 is 0 Å². The van der Waals surface area contributed by atoms with E-state index in [1.807, 2.05) is 4.57 Å². The fourth-order valence-electron chi connectivity index (χ4n) is 2.74. The lowest BCUT2D eigenvalue weighted by Gasteiger charge is -2.06. The van der Waals surface area contributed by atoms with E-state index in [1.165, 1.54) is 18.4 Å². The molecule has 3 aromatic rings. The number of thiazole rings is 1. The number of benzene rings is 2. The van der Waals surface area contributed by atoms with E-state index in [0.717, 1.165) is 16.5 Å². The van der Waals surface area contributed by atoms with Gasteiger partial charge in [0.05, 0.1) is 34.4 Å². The number of methoxy groups -OCH3 is 2. The molecule has 0 atom stereocenters. The van der Waals surface area contributed by atoms with E-state index in [-0.39, 0.29) is 4.90 Å². The van der Waals surface area contributed by atoms with Crippen LogP contribution in [0.3, 0.4) is 0 Å². The van der Waals surface area contributed by atoms with E-state index in [0.29, 0.717) is 29.3 Å². The van der Waals surface area contributed by atoms with Crippen molar-refractivity contribution in [3.63, 3.8) is 0 Å². The molecule has 1 heterocycles. The summed E-state index contributed by atoms with van der Waals surface area (Å²) in [6, 6.07) is 11.8. The van der Waals surface area contributed by atoms with Crippen molar-refractivity contribution < 1.29 is 22.7 Å². The molecule has 0 fully saturated rings. The standard InChI is InChI=1S/C19H20N2O5S2/c1-25-11-10-21-15-9-8-13(28(3,23)24)12-17(15)27-19(21)20-18(22)14-6-4-5-7-16(14)26-2/h4-9,12H,10-11H2,1-3H3. The largest absolute Gasteiger partial charge is 0.496 e. The highest BCUT2D eigenvalue weighted by Gasteiger charge is 2.15. The summed E-state index contributed by atoms with van der Waals surface area (Å²) in [5.74, 6) is 0.0127. The second kappa shape index (κ2) is 8.26. The molecule has 0 saturated carbocycles. The first-order chi connectivity index (χ1) is 13.3. The third-order valence-corrected chi connectivity index (χ3v) is 6.29. The molecule has 7 nitrogen and oxygen atoms in total. The van der Waals surface area contributed by atoms with Crippen molar-refractivity contribution in [1.82, 2.24) is 4.57 Å². The number of hydrogen-bond donors (Lipinski definition) is 0. The van der Waals surface area contributed by atoms with E-state index < -0.39 is 15.7 Å². The number of ether oxygens (including phenoxy) is 2. The SMILES string of the molecule is COCCn1c(=NC(=O)c2ccccc2OC)sc2cc(S(C)(=O)=O)ccc21. The quantitative estimate of drug-likeness (QED) is 0.612. The fourth-order valence-corrected chi connectivity index (χ4v) is 4.55. The molecule has 0 N–H and O–H groups in total. The number of sulfone groups is 1. The Morgan fingerprint density at radius 1 is 1.18 bits per heavy atom. The van der Waals surface area contributed by atoms with Crippen LogP contribution in [0.25, 0.3) is 10.2 Å². The van der Waals surface area contributed by atoms with Gasteiger partial charge in [0.2, 0.25) is 0 Å². The Hall–Kier alpha value is -2.49. The Morgan fingerprint density at radius 3 is 2.61 bits per heavy atom. The average molecular weight is 421 g/mol. The molecular formula is C19H20N2O5S2. The van der Waals surface area contributed by atoms with Crippen LogP contribution in [0.15, 0.2) is 52.4 Å². The first kappa shape index (κ1) is 20.2. The molecule has 0 bridgehead atoms. The van der Waals surface area contributed by atoms with E-state index in [2.05, 4.69) is 4.99 Å². The molecule has 2 aromatic carbocycles. The molecule has 148 valence electrons. The van der Waals surface area contributed by atoms with Crippen molar-refractivity contribution in [3.8, 4) is 5.75 Å². The monoisotopic (exact) mass is 420 g/mol. The van der Waals surface area contributed by atoms with Crippen molar-refractivity contribution >= 4 is 37.3 Å². The van der Waals surface area contributed by atoms with Gasteiger partial charge in [0.25, 0.3) is 5.91 Å². The molecule has 0 aliphatic carbocycles. The van der Waals surface area contributed by atoms with Gasteiger partial charge in [-0.3, -0.25) is 4.79 Å². The summed E-state index contributed by atoms with van der Waals surface area (Å²) >= 11 is 1.26.